The van der Waals surface area contributed by atoms with E-state index in [1.165, 1.54) is 44.5 Å². The van der Waals surface area contributed by atoms with Crippen molar-refractivity contribution in [2.24, 2.45) is 0 Å². The number of rotatable bonds is 2. The molecule has 0 saturated carbocycles. The van der Waals surface area contributed by atoms with Gasteiger partial charge in [-0.05, 0) is 57.4 Å². The van der Waals surface area contributed by atoms with Crippen LogP contribution in [0.15, 0.2) is 90.5 Å². The van der Waals surface area contributed by atoms with Crippen LogP contribution in [0, 0.1) is 0 Å². The molecule has 3 aromatic carbocycles. The molecule has 0 aliphatic heterocycles. The summed E-state index contributed by atoms with van der Waals surface area (Å²) in [6.07, 6.45) is 2.28. The highest BCUT2D eigenvalue weighted by molar-refractivity contribution is 6.14. The average Bonchev–Trinajstić information content (AvgIpc) is 3.21. The zero-order valence-corrected chi connectivity index (χ0v) is 13.5. The minimum atomic E-state index is 1.14. The minimum absolute atomic E-state index is 1.14. The standard InChI is InChI=1S/C24H18/c1-3-9-17(10-4-1)19-15-16-22-23(18-11-5-2-6-12-18)20-13-7-8-14-21(20)24(19)22/h1-14H,15-16H2. The third kappa shape index (κ3) is 1.93. The van der Waals surface area contributed by atoms with E-state index in [2.05, 4.69) is 84.9 Å². The lowest BCUT2D eigenvalue weighted by atomic mass is 9.95. The quantitative estimate of drug-likeness (QED) is 0.528. The zero-order valence-electron chi connectivity index (χ0n) is 13.5. The van der Waals surface area contributed by atoms with Gasteiger partial charge in [-0.15, -0.1) is 0 Å². The minimum Gasteiger partial charge on any atom is -0.0622 e. The van der Waals surface area contributed by atoms with Crippen LogP contribution in [0.2, 0.25) is 0 Å². The van der Waals surface area contributed by atoms with Crippen LogP contribution in [0.25, 0.3) is 16.7 Å². The van der Waals surface area contributed by atoms with Gasteiger partial charge in [-0.3, -0.25) is 0 Å². The lowest BCUT2D eigenvalue weighted by Gasteiger charge is -2.09. The van der Waals surface area contributed by atoms with Crippen LogP contribution in [0.5, 0.6) is 0 Å². The highest BCUT2D eigenvalue weighted by Crippen LogP contribution is 2.54. The van der Waals surface area contributed by atoms with Crippen molar-refractivity contribution in [1.29, 1.82) is 0 Å². The molecular formula is C24H18. The Kier molecular flexibility index (Phi) is 3.02. The van der Waals surface area contributed by atoms with E-state index < -0.39 is 0 Å². The van der Waals surface area contributed by atoms with Gasteiger partial charge in [0.25, 0.3) is 0 Å². The topological polar surface area (TPSA) is 0 Å². The summed E-state index contributed by atoms with van der Waals surface area (Å²) in [6, 6.07) is 30.6. The van der Waals surface area contributed by atoms with Gasteiger partial charge >= 0.3 is 0 Å². The Morgan fingerprint density at radius 3 is 1.58 bits per heavy atom. The first-order chi connectivity index (χ1) is 11.9. The molecule has 2 aliphatic rings. The fraction of sp³-hybridized carbons (Fsp3) is 0.0833. The van der Waals surface area contributed by atoms with E-state index >= 15 is 0 Å². The number of fused-ring (bicyclic) bond motifs is 3. The molecule has 0 unspecified atom stereocenters. The van der Waals surface area contributed by atoms with Crippen LogP contribution >= 0.6 is 0 Å². The van der Waals surface area contributed by atoms with Crippen LogP contribution in [0.1, 0.15) is 35.1 Å². The normalized spacial score (nSPS) is 15.7. The first-order valence-corrected chi connectivity index (χ1v) is 8.61. The van der Waals surface area contributed by atoms with Crippen LogP contribution in [-0.4, -0.2) is 0 Å². The van der Waals surface area contributed by atoms with Gasteiger partial charge in [0.1, 0.15) is 0 Å². The molecule has 2 aliphatic carbocycles. The number of allylic oxidation sites excluding steroid dienone is 3. The Balaban J connectivity index is 1.81. The molecule has 5 rings (SSSR count). The summed E-state index contributed by atoms with van der Waals surface area (Å²) >= 11 is 0. The van der Waals surface area contributed by atoms with Gasteiger partial charge in [-0.2, -0.15) is 0 Å². The van der Waals surface area contributed by atoms with Crippen molar-refractivity contribution in [2.45, 2.75) is 12.8 Å². The monoisotopic (exact) mass is 306 g/mol. The molecule has 0 nitrogen and oxygen atoms in total. The SMILES string of the molecule is c1ccc(C2=C3C(=C(c4ccccc4)c4ccccc43)CC2)cc1. The summed E-state index contributed by atoms with van der Waals surface area (Å²) in [5.74, 6) is 0. The highest BCUT2D eigenvalue weighted by atomic mass is 14.4. The van der Waals surface area contributed by atoms with Gasteiger partial charge in [0.15, 0.2) is 0 Å². The van der Waals surface area contributed by atoms with E-state index in [1.807, 2.05) is 0 Å². The molecule has 0 spiro atoms. The Morgan fingerprint density at radius 1 is 0.417 bits per heavy atom. The first kappa shape index (κ1) is 13.6. The van der Waals surface area contributed by atoms with Gasteiger partial charge < -0.3 is 0 Å². The summed E-state index contributed by atoms with van der Waals surface area (Å²) in [7, 11) is 0. The summed E-state index contributed by atoms with van der Waals surface area (Å²) < 4.78 is 0. The Bertz CT molecular complexity index is 973. The smallest absolute Gasteiger partial charge is 0.00667 e. The average molecular weight is 306 g/mol. The summed E-state index contributed by atoms with van der Waals surface area (Å²) in [6.45, 7) is 0. The maximum absolute atomic E-state index is 2.29. The maximum Gasteiger partial charge on any atom is -0.00667 e. The molecule has 0 bridgehead atoms. The lowest BCUT2D eigenvalue weighted by molar-refractivity contribution is 1.08. The molecule has 3 aromatic rings. The van der Waals surface area contributed by atoms with Crippen molar-refractivity contribution in [1.82, 2.24) is 0 Å². The molecule has 0 amide bonds. The second kappa shape index (κ2) is 5.35. The molecule has 114 valence electrons. The van der Waals surface area contributed by atoms with Gasteiger partial charge in [-0.1, -0.05) is 84.9 Å². The highest BCUT2D eigenvalue weighted by Gasteiger charge is 2.33. The van der Waals surface area contributed by atoms with Gasteiger partial charge in [0.2, 0.25) is 0 Å². The Morgan fingerprint density at radius 2 is 0.917 bits per heavy atom. The van der Waals surface area contributed by atoms with Gasteiger partial charge in [0.05, 0.1) is 0 Å². The largest absolute Gasteiger partial charge is 0.0622 e. The summed E-state index contributed by atoms with van der Waals surface area (Å²) in [4.78, 5) is 0. The van der Waals surface area contributed by atoms with E-state index in [0.717, 1.165) is 12.8 Å². The Labute approximate surface area is 142 Å². The van der Waals surface area contributed by atoms with Crippen LogP contribution in [-0.2, 0) is 0 Å². The van der Waals surface area contributed by atoms with Crippen molar-refractivity contribution < 1.29 is 0 Å². The summed E-state index contributed by atoms with van der Waals surface area (Å²) in [5.41, 5.74) is 11.5. The predicted molar refractivity (Wildman–Crippen MR) is 101 cm³/mol. The molecule has 0 aromatic heterocycles. The number of benzene rings is 3. The maximum atomic E-state index is 2.29. The number of hydrogen-bond acceptors (Lipinski definition) is 0. The van der Waals surface area contributed by atoms with Gasteiger partial charge in [0, 0.05) is 0 Å². The van der Waals surface area contributed by atoms with E-state index in [9.17, 15) is 0 Å². The fourth-order valence-electron chi connectivity index (χ4n) is 4.20. The molecule has 0 radical (unpaired) electrons. The molecule has 0 fully saturated rings. The third-order valence-electron chi connectivity index (χ3n) is 5.18. The zero-order chi connectivity index (χ0) is 15.9. The molecule has 0 N–H and O–H groups in total. The van der Waals surface area contributed by atoms with Crippen LogP contribution in [0.4, 0.5) is 0 Å². The first-order valence-electron chi connectivity index (χ1n) is 8.61. The molecule has 0 heterocycles. The van der Waals surface area contributed by atoms with Crippen molar-refractivity contribution in [2.75, 3.05) is 0 Å². The molecule has 0 atom stereocenters. The fourth-order valence-corrected chi connectivity index (χ4v) is 4.20. The molecule has 0 heteroatoms. The van der Waals surface area contributed by atoms with Crippen molar-refractivity contribution in [3.63, 3.8) is 0 Å². The van der Waals surface area contributed by atoms with Crippen LogP contribution in [0.3, 0.4) is 0 Å². The Hall–Kier alpha value is -2.86. The van der Waals surface area contributed by atoms with E-state index in [4.69, 9.17) is 0 Å². The summed E-state index contributed by atoms with van der Waals surface area (Å²) in [5, 5.41) is 0. The van der Waals surface area contributed by atoms with Crippen molar-refractivity contribution in [3.8, 4) is 0 Å². The van der Waals surface area contributed by atoms with E-state index in [-0.39, 0.29) is 0 Å². The van der Waals surface area contributed by atoms with Crippen LogP contribution < -0.4 is 0 Å². The van der Waals surface area contributed by atoms with E-state index in [0.29, 0.717) is 0 Å². The van der Waals surface area contributed by atoms with E-state index in [1.54, 1.807) is 0 Å². The lowest BCUT2D eigenvalue weighted by Crippen LogP contribution is -1.89. The number of hydrogen-bond donors (Lipinski definition) is 0. The van der Waals surface area contributed by atoms with Gasteiger partial charge in [-0.25, -0.2) is 0 Å². The molecule has 24 heavy (non-hydrogen) atoms. The third-order valence-corrected chi connectivity index (χ3v) is 5.18. The van der Waals surface area contributed by atoms with Crippen molar-refractivity contribution >= 4 is 16.7 Å². The molecule has 0 saturated heterocycles. The second-order valence-electron chi connectivity index (χ2n) is 6.48. The van der Waals surface area contributed by atoms with Crippen molar-refractivity contribution in [3.05, 3.63) is 113 Å². The second-order valence-corrected chi connectivity index (χ2v) is 6.48. The predicted octanol–water partition coefficient (Wildman–Crippen LogP) is 6.21. The molecular weight excluding hydrogens is 288 g/mol.